The number of hydrogen-bond donors (Lipinski definition) is 1. The number of nitrogens with zero attached hydrogens (tertiary/aromatic N) is 3. The molecule has 5 rings (SSSR count). The van der Waals surface area contributed by atoms with Crippen molar-refractivity contribution in [2.24, 2.45) is 11.7 Å². The Bertz CT molecular complexity index is 955. The molecule has 1 aromatic heterocycles. The minimum atomic E-state index is 0.570. The van der Waals surface area contributed by atoms with Crippen molar-refractivity contribution in [3.8, 4) is 5.75 Å². The smallest absolute Gasteiger partial charge is 0.180 e. The maximum atomic E-state index is 6.05. The Hall–Kier alpha value is -2.57. The van der Waals surface area contributed by atoms with Crippen LogP contribution in [0.1, 0.15) is 18.4 Å². The standard InChI is InChI=1S/C23H28N4O2/c24-13-17-6-9-20(10-7-17)28-16-18-5-8-19-15-27(12-11-26(19)14-18)23-21-3-1-2-4-22(21)29-25-23/h1-4,6-7,9-10,18-19H,5,8,11-16,24H2. The highest BCUT2D eigenvalue weighted by atomic mass is 16.5. The molecule has 152 valence electrons. The first-order valence-electron chi connectivity index (χ1n) is 10.6. The minimum absolute atomic E-state index is 0.570. The molecule has 0 spiro atoms. The Kier molecular flexibility index (Phi) is 5.12. The zero-order valence-electron chi connectivity index (χ0n) is 16.7. The number of hydrogen-bond acceptors (Lipinski definition) is 6. The van der Waals surface area contributed by atoms with E-state index in [4.69, 9.17) is 15.0 Å². The lowest BCUT2D eigenvalue weighted by Crippen LogP contribution is -2.57. The molecule has 2 aliphatic heterocycles. The van der Waals surface area contributed by atoms with Crippen LogP contribution in [0.3, 0.4) is 0 Å². The van der Waals surface area contributed by atoms with Gasteiger partial charge in [0.2, 0.25) is 0 Å². The largest absolute Gasteiger partial charge is 0.493 e. The van der Waals surface area contributed by atoms with E-state index in [9.17, 15) is 0 Å². The van der Waals surface area contributed by atoms with Gasteiger partial charge < -0.3 is 19.9 Å². The number of rotatable bonds is 5. The van der Waals surface area contributed by atoms with Crippen molar-refractivity contribution in [3.05, 3.63) is 54.1 Å². The molecule has 2 saturated heterocycles. The van der Waals surface area contributed by atoms with Crippen LogP contribution in [0.15, 0.2) is 53.1 Å². The molecule has 0 amide bonds. The summed E-state index contributed by atoms with van der Waals surface area (Å²) in [4.78, 5) is 5.02. The van der Waals surface area contributed by atoms with E-state index in [-0.39, 0.29) is 0 Å². The Morgan fingerprint density at radius 3 is 2.76 bits per heavy atom. The fraction of sp³-hybridized carbons (Fsp3) is 0.435. The molecule has 3 heterocycles. The van der Waals surface area contributed by atoms with Crippen molar-refractivity contribution in [2.45, 2.75) is 25.4 Å². The van der Waals surface area contributed by atoms with Gasteiger partial charge in [0.05, 0.1) is 12.0 Å². The average molecular weight is 393 g/mol. The molecule has 2 N–H and O–H groups in total. The van der Waals surface area contributed by atoms with Crippen molar-refractivity contribution in [3.63, 3.8) is 0 Å². The van der Waals surface area contributed by atoms with E-state index in [0.29, 0.717) is 18.5 Å². The molecular weight excluding hydrogens is 364 g/mol. The topological polar surface area (TPSA) is 67.8 Å². The van der Waals surface area contributed by atoms with Crippen LogP contribution in [0.25, 0.3) is 11.0 Å². The Labute approximate surface area is 171 Å². The molecule has 29 heavy (non-hydrogen) atoms. The lowest BCUT2D eigenvalue weighted by Gasteiger charge is -2.46. The van der Waals surface area contributed by atoms with Gasteiger partial charge in [0.1, 0.15) is 5.75 Å². The third-order valence-corrected chi connectivity index (χ3v) is 6.31. The van der Waals surface area contributed by atoms with Crippen LogP contribution < -0.4 is 15.4 Å². The molecule has 2 unspecified atom stereocenters. The first-order chi connectivity index (χ1) is 14.3. The molecule has 0 bridgehead atoms. The monoisotopic (exact) mass is 392 g/mol. The Balaban J connectivity index is 1.17. The number of piperazine rings is 1. The summed E-state index contributed by atoms with van der Waals surface area (Å²) in [5.74, 6) is 2.51. The van der Waals surface area contributed by atoms with Crippen LogP contribution in [0.5, 0.6) is 5.75 Å². The van der Waals surface area contributed by atoms with E-state index >= 15 is 0 Å². The van der Waals surface area contributed by atoms with Crippen LogP contribution in [-0.4, -0.2) is 48.9 Å². The van der Waals surface area contributed by atoms with Crippen LogP contribution in [0.2, 0.25) is 0 Å². The fourth-order valence-electron chi connectivity index (χ4n) is 4.62. The van der Waals surface area contributed by atoms with Gasteiger partial charge in [0.15, 0.2) is 11.4 Å². The number of para-hydroxylation sites is 1. The summed E-state index contributed by atoms with van der Waals surface area (Å²) < 4.78 is 11.6. The maximum Gasteiger partial charge on any atom is 0.180 e. The number of aromatic nitrogens is 1. The van der Waals surface area contributed by atoms with Gasteiger partial charge in [-0.15, -0.1) is 0 Å². The number of piperidine rings is 1. The van der Waals surface area contributed by atoms with E-state index in [1.165, 1.54) is 12.8 Å². The van der Waals surface area contributed by atoms with Gasteiger partial charge >= 0.3 is 0 Å². The van der Waals surface area contributed by atoms with E-state index in [1.807, 2.05) is 42.5 Å². The van der Waals surface area contributed by atoms with Gasteiger partial charge in [0, 0.05) is 44.7 Å². The van der Waals surface area contributed by atoms with Crippen molar-refractivity contribution < 1.29 is 9.26 Å². The van der Waals surface area contributed by atoms with Crippen molar-refractivity contribution in [1.29, 1.82) is 0 Å². The summed E-state index contributed by atoms with van der Waals surface area (Å²) in [6.45, 7) is 5.53. The van der Waals surface area contributed by atoms with Crippen LogP contribution in [-0.2, 0) is 6.54 Å². The molecular formula is C23H28N4O2. The molecule has 0 saturated carbocycles. The first-order valence-corrected chi connectivity index (χ1v) is 10.6. The van der Waals surface area contributed by atoms with Gasteiger partial charge in [-0.05, 0) is 42.7 Å². The van der Waals surface area contributed by atoms with Gasteiger partial charge in [-0.2, -0.15) is 0 Å². The average Bonchev–Trinajstić information content (AvgIpc) is 3.22. The quantitative estimate of drug-likeness (QED) is 0.719. The number of benzene rings is 2. The van der Waals surface area contributed by atoms with Crippen molar-refractivity contribution in [2.75, 3.05) is 37.7 Å². The Morgan fingerprint density at radius 2 is 1.90 bits per heavy atom. The minimum Gasteiger partial charge on any atom is -0.493 e. The first kappa shape index (κ1) is 18.5. The highest BCUT2D eigenvalue weighted by Gasteiger charge is 2.34. The van der Waals surface area contributed by atoms with Crippen LogP contribution in [0, 0.1) is 5.92 Å². The van der Waals surface area contributed by atoms with Crippen molar-refractivity contribution in [1.82, 2.24) is 10.1 Å². The summed E-state index contributed by atoms with van der Waals surface area (Å²) in [6.07, 6.45) is 2.40. The molecule has 6 heteroatoms. The van der Waals surface area contributed by atoms with E-state index in [1.54, 1.807) is 0 Å². The number of anilines is 1. The zero-order valence-corrected chi connectivity index (χ0v) is 16.7. The third kappa shape index (κ3) is 3.82. The highest BCUT2D eigenvalue weighted by molar-refractivity contribution is 5.88. The summed E-state index contributed by atoms with van der Waals surface area (Å²) >= 11 is 0. The summed E-state index contributed by atoms with van der Waals surface area (Å²) in [6, 6.07) is 16.8. The molecule has 6 nitrogen and oxygen atoms in total. The normalized spacial score (nSPS) is 22.6. The molecule has 0 aliphatic carbocycles. The van der Waals surface area contributed by atoms with Gasteiger partial charge in [-0.1, -0.05) is 29.4 Å². The maximum absolute atomic E-state index is 6.05. The number of nitrogens with two attached hydrogens (primary N) is 1. The molecule has 2 aliphatic rings. The van der Waals surface area contributed by atoms with Gasteiger partial charge in [0.25, 0.3) is 0 Å². The third-order valence-electron chi connectivity index (χ3n) is 6.31. The van der Waals surface area contributed by atoms with E-state index < -0.39 is 0 Å². The van der Waals surface area contributed by atoms with Crippen molar-refractivity contribution >= 4 is 16.8 Å². The number of fused-ring (bicyclic) bond motifs is 2. The van der Waals surface area contributed by atoms with E-state index in [0.717, 1.165) is 60.9 Å². The molecule has 2 atom stereocenters. The second-order valence-corrected chi connectivity index (χ2v) is 8.20. The second-order valence-electron chi connectivity index (χ2n) is 8.20. The van der Waals surface area contributed by atoms with Gasteiger partial charge in [-0.25, -0.2) is 0 Å². The summed E-state index contributed by atoms with van der Waals surface area (Å²) in [5.41, 5.74) is 7.66. The Morgan fingerprint density at radius 1 is 1.03 bits per heavy atom. The van der Waals surface area contributed by atoms with Gasteiger partial charge in [-0.3, -0.25) is 4.90 Å². The van der Waals surface area contributed by atoms with Crippen LogP contribution >= 0.6 is 0 Å². The molecule has 3 aromatic rings. The summed E-state index contributed by atoms with van der Waals surface area (Å²) in [5, 5.41) is 5.47. The molecule has 0 radical (unpaired) electrons. The predicted octanol–water partition coefficient (Wildman–Crippen LogP) is 3.27. The van der Waals surface area contributed by atoms with E-state index in [2.05, 4.69) is 21.0 Å². The number of ether oxygens (including phenoxy) is 1. The summed E-state index contributed by atoms with van der Waals surface area (Å²) in [7, 11) is 0. The lowest BCUT2D eigenvalue weighted by atomic mass is 9.91. The molecule has 2 fully saturated rings. The fourth-order valence-corrected chi connectivity index (χ4v) is 4.62. The predicted molar refractivity (Wildman–Crippen MR) is 114 cm³/mol. The lowest BCUT2D eigenvalue weighted by molar-refractivity contribution is 0.0727. The second kappa shape index (κ2) is 8.05. The van der Waals surface area contributed by atoms with Crippen LogP contribution in [0.4, 0.5) is 5.82 Å². The zero-order chi connectivity index (χ0) is 19.6. The SMILES string of the molecule is NCc1ccc(OCC2CCC3CN(c4noc5ccccc45)CCN3C2)cc1. The highest BCUT2D eigenvalue weighted by Crippen LogP contribution is 2.31. The molecule has 2 aromatic carbocycles.